The molecular formula is C22H23ClN2O5. The van der Waals surface area contributed by atoms with Gasteiger partial charge in [-0.05, 0) is 45.0 Å². The second-order valence-electron chi connectivity index (χ2n) is 6.94. The van der Waals surface area contributed by atoms with Crippen LogP contribution in [0, 0.1) is 13.8 Å². The third-order valence-electron chi connectivity index (χ3n) is 4.92. The highest BCUT2D eigenvalue weighted by molar-refractivity contribution is 6.33. The number of esters is 1. The van der Waals surface area contributed by atoms with Gasteiger partial charge in [-0.25, -0.2) is 4.79 Å². The molecule has 8 heteroatoms. The van der Waals surface area contributed by atoms with Crippen molar-refractivity contribution >= 4 is 29.0 Å². The Morgan fingerprint density at radius 1 is 1.23 bits per heavy atom. The third-order valence-corrected chi connectivity index (χ3v) is 5.25. The van der Waals surface area contributed by atoms with Crippen molar-refractivity contribution in [3.05, 3.63) is 69.9 Å². The van der Waals surface area contributed by atoms with Gasteiger partial charge >= 0.3 is 5.97 Å². The second-order valence-corrected chi connectivity index (χ2v) is 7.34. The Bertz CT molecular complexity index is 1090. The number of hydrogen-bond acceptors (Lipinski definition) is 6. The molecule has 7 nitrogen and oxygen atoms in total. The van der Waals surface area contributed by atoms with E-state index in [2.05, 4.69) is 0 Å². The zero-order valence-electron chi connectivity index (χ0n) is 17.2. The van der Waals surface area contributed by atoms with Crippen LogP contribution in [-0.2, 0) is 11.3 Å². The quantitative estimate of drug-likeness (QED) is 0.338. The molecule has 3 aromatic rings. The molecule has 2 heterocycles. The van der Waals surface area contributed by atoms with Crippen LogP contribution in [0.15, 0.2) is 41.0 Å². The number of ketones is 1. The maximum Gasteiger partial charge on any atom is 0.342 e. The van der Waals surface area contributed by atoms with E-state index in [1.54, 1.807) is 12.3 Å². The summed E-state index contributed by atoms with van der Waals surface area (Å²) in [5.41, 5.74) is 8.27. The van der Waals surface area contributed by atoms with Crippen LogP contribution in [0.5, 0.6) is 5.75 Å². The molecule has 0 amide bonds. The summed E-state index contributed by atoms with van der Waals surface area (Å²) in [4.78, 5) is 25.6. The maximum absolute atomic E-state index is 13.0. The largest absolute Gasteiger partial charge is 0.496 e. The Kier molecular flexibility index (Phi) is 6.22. The Labute approximate surface area is 179 Å². The molecule has 0 spiro atoms. The van der Waals surface area contributed by atoms with Crippen molar-refractivity contribution in [2.75, 3.05) is 12.8 Å². The Morgan fingerprint density at radius 3 is 2.60 bits per heavy atom. The lowest BCUT2D eigenvalue weighted by atomic mass is 10.1. The van der Waals surface area contributed by atoms with Gasteiger partial charge in [0.2, 0.25) is 5.78 Å². The summed E-state index contributed by atoms with van der Waals surface area (Å²) in [5.74, 6) is -0.0255. The molecule has 0 saturated carbocycles. The lowest BCUT2D eigenvalue weighted by Gasteiger charge is -2.15. The molecule has 0 radical (unpaired) electrons. The predicted octanol–water partition coefficient (Wildman–Crippen LogP) is 4.42. The molecule has 2 aromatic heterocycles. The van der Waals surface area contributed by atoms with Gasteiger partial charge < -0.3 is 24.2 Å². The van der Waals surface area contributed by atoms with Crippen LogP contribution < -0.4 is 10.5 Å². The van der Waals surface area contributed by atoms with E-state index in [1.807, 2.05) is 30.5 Å². The molecule has 0 aliphatic rings. The molecule has 0 aliphatic carbocycles. The summed E-state index contributed by atoms with van der Waals surface area (Å²) in [7, 11) is 1.40. The van der Waals surface area contributed by atoms with E-state index >= 15 is 0 Å². The summed E-state index contributed by atoms with van der Waals surface area (Å²) in [6.07, 6.45) is 0.602. The number of aryl methyl sites for hydroxylation is 1. The fraction of sp³-hybridized carbons (Fsp3) is 0.273. The van der Waals surface area contributed by atoms with Gasteiger partial charge in [0.05, 0.1) is 30.6 Å². The van der Waals surface area contributed by atoms with Crippen molar-refractivity contribution in [2.24, 2.45) is 0 Å². The zero-order chi connectivity index (χ0) is 22.0. The van der Waals surface area contributed by atoms with E-state index in [9.17, 15) is 9.59 Å². The molecule has 0 bridgehead atoms. The number of aromatic nitrogens is 1. The molecule has 0 aliphatic heterocycles. The van der Waals surface area contributed by atoms with Crippen molar-refractivity contribution < 1.29 is 23.5 Å². The Balaban J connectivity index is 1.80. The zero-order valence-corrected chi connectivity index (χ0v) is 17.9. The number of rotatable bonds is 7. The number of nitrogens with two attached hydrogens (primary N) is 1. The van der Waals surface area contributed by atoms with Crippen molar-refractivity contribution in [1.29, 1.82) is 0 Å². The number of hydrogen-bond donors (Lipinski definition) is 1. The van der Waals surface area contributed by atoms with Gasteiger partial charge in [-0.1, -0.05) is 11.6 Å². The van der Waals surface area contributed by atoms with E-state index in [1.165, 1.54) is 26.2 Å². The van der Waals surface area contributed by atoms with Gasteiger partial charge in [0.15, 0.2) is 6.10 Å². The van der Waals surface area contributed by atoms with E-state index in [0.29, 0.717) is 12.1 Å². The number of furan rings is 1. The number of carbonyl (C=O) groups is 2. The van der Waals surface area contributed by atoms with Crippen molar-refractivity contribution in [1.82, 2.24) is 4.57 Å². The number of carbonyl (C=O) groups excluding carboxylic acids is 2. The normalized spacial score (nSPS) is 11.9. The summed E-state index contributed by atoms with van der Waals surface area (Å²) >= 11 is 6.02. The average Bonchev–Trinajstić information content (AvgIpc) is 3.32. The van der Waals surface area contributed by atoms with Crippen molar-refractivity contribution in [2.45, 2.75) is 33.4 Å². The Morgan fingerprint density at radius 2 is 1.97 bits per heavy atom. The first-order chi connectivity index (χ1) is 14.2. The van der Waals surface area contributed by atoms with Gasteiger partial charge in [-0.2, -0.15) is 0 Å². The summed E-state index contributed by atoms with van der Waals surface area (Å²) in [6.45, 7) is 5.79. The lowest BCUT2D eigenvalue weighted by Crippen LogP contribution is -2.25. The number of anilines is 1. The number of nitrogens with zero attached hydrogens (tertiary/aromatic N) is 1. The van der Waals surface area contributed by atoms with Gasteiger partial charge in [0.1, 0.15) is 17.1 Å². The van der Waals surface area contributed by atoms with Crippen LogP contribution in [-0.4, -0.2) is 29.5 Å². The number of benzene rings is 1. The third kappa shape index (κ3) is 4.21. The highest BCUT2D eigenvalue weighted by Gasteiger charge is 2.26. The number of methoxy groups -OCH3 is 1. The van der Waals surface area contributed by atoms with Gasteiger partial charge in [-0.3, -0.25) is 4.79 Å². The van der Waals surface area contributed by atoms with Crippen molar-refractivity contribution in [3.8, 4) is 5.75 Å². The average molecular weight is 431 g/mol. The highest BCUT2D eigenvalue weighted by Crippen LogP contribution is 2.30. The van der Waals surface area contributed by atoms with E-state index in [0.717, 1.165) is 17.1 Å². The number of nitrogen functional groups attached to an aromatic ring is 1. The minimum atomic E-state index is -1.00. The standard InChI is InChI=1S/C22H23ClN2O5/c1-12-8-16(13(2)25(12)11-15-6-5-7-29-15)21(26)14(3)30-22(27)17-9-18(23)19(24)10-20(17)28-4/h5-10,14H,11,24H2,1-4H3/t14-/m0/s1. The number of halogens is 1. The molecule has 3 rings (SSSR count). The topological polar surface area (TPSA) is 96.7 Å². The maximum atomic E-state index is 13.0. The van der Waals surface area contributed by atoms with Crippen LogP contribution in [0.25, 0.3) is 0 Å². The molecule has 158 valence electrons. The highest BCUT2D eigenvalue weighted by atomic mass is 35.5. The van der Waals surface area contributed by atoms with Gasteiger partial charge in [0.25, 0.3) is 0 Å². The monoisotopic (exact) mass is 430 g/mol. The molecule has 0 saturated heterocycles. The fourth-order valence-corrected chi connectivity index (χ4v) is 3.41. The van der Waals surface area contributed by atoms with Gasteiger partial charge in [-0.15, -0.1) is 0 Å². The first-order valence-electron chi connectivity index (χ1n) is 9.30. The molecule has 0 fully saturated rings. The van der Waals surface area contributed by atoms with Crippen LogP contribution in [0.1, 0.15) is 44.8 Å². The lowest BCUT2D eigenvalue weighted by molar-refractivity contribution is 0.0315. The van der Waals surface area contributed by atoms with Crippen molar-refractivity contribution in [3.63, 3.8) is 0 Å². The van der Waals surface area contributed by atoms with E-state index < -0.39 is 12.1 Å². The minimum Gasteiger partial charge on any atom is -0.496 e. The molecule has 2 N–H and O–H groups in total. The molecule has 30 heavy (non-hydrogen) atoms. The molecule has 0 unspecified atom stereocenters. The first kappa shape index (κ1) is 21.5. The van der Waals surface area contributed by atoms with E-state index in [-0.39, 0.29) is 27.8 Å². The summed E-state index contributed by atoms with van der Waals surface area (Å²) in [5, 5.41) is 0.197. The van der Waals surface area contributed by atoms with Crippen LogP contribution >= 0.6 is 11.6 Å². The fourth-order valence-electron chi connectivity index (χ4n) is 3.25. The predicted molar refractivity (Wildman–Crippen MR) is 113 cm³/mol. The van der Waals surface area contributed by atoms with Gasteiger partial charge in [0, 0.05) is 23.0 Å². The van der Waals surface area contributed by atoms with E-state index in [4.69, 9.17) is 31.2 Å². The summed E-state index contributed by atoms with van der Waals surface area (Å²) in [6, 6.07) is 8.27. The number of ether oxygens (including phenoxy) is 2. The molecule has 1 aromatic carbocycles. The smallest absolute Gasteiger partial charge is 0.342 e. The summed E-state index contributed by atoms with van der Waals surface area (Å²) < 4.78 is 18.0. The SMILES string of the molecule is COc1cc(N)c(Cl)cc1C(=O)O[C@@H](C)C(=O)c1cc(C)n(Cc2ccco2)c1C. The van der Waals surface area contributed by atoms with Crippen LogP contribution in [0.3, 0.4) is 0 Å². The number of Topliss-reactive ketones (excluding diaryl/α,β-unsaturated/α-hetero) is 1. The van der Waals surface area contributed by atoms with Crippen LogP contribution in [0.2, 0.25) is 5.02 Å². The Hall–Kier alpha value is -3.19. The second kappa shape index (κ2) is 8.67. The molecule has 1 atom stereocenters. The minimum absolute atomic E-state index is 0.0969. The van der Waals surface area contributed by atoms with Crippen LogP contribution in [0.4, 0.5) is 5.69 Å². The first-order valence-corrected chi connectivity index (χ1v) is 9.68. The molecular weight excluding hydrogens is 408 g/mol.